The zero-order valence-corrected chi connectivity index (χ0v) is 24.3. The van der Waals surface area contributed by atoms with Crippen LogP contribution >= 0.6 is 12.6 Å². The Kier molecular flexibility index (Phi) is 12.7. The standard InChI is InChI=1S/C25H29N3O.C8H12S/c1-17-13-18(2)25(19(3)14-17)28-23(16-24(26)27-4)20-9-8-12-22(15-20)29-21-10-6-5-7-11-21;1-4-8(9)6-5-7(2)3/h5-16,24,27-28H,26H2,1-4H3;4-6,9H,2H2,1,3H3/b23-16-;6-5-,8-4+. The molecule has 200 valence electrons. The lowest BCUT2D eigenvalue weighted by Crippen LogP contribution is -2.32. The summed E-state index contributed by atoms with van der Waals surface area (Å²) in [4.78, 5) is 0.970. The van der Waals surface area contributed by atoms with Crippen LogP contribution in [-0.4, -0.2) is 13.2 Å². The van der Waals surface area contributed by atoms with E-state index in [4.69, 9.17) is 10.5 Å². The van der Waals surface area contributed by atoms with Crippen molar-refractivity contribution in [3.8, 4) is 11.5 Å². The Morgan fingerprint density at radius 1 is 0.947 bits per heavy atom. The minimum atomic E-state index is -0.276. The first kappa shape index (κ1) is 30.7. The normalized spacial score (nSPS) is 12.5. The van der Waals surface area contributed by atoms with Gasteiger partial charge in [0.2, 0.25) is 0 Å². The fourth-order valence-corrected chi connectivity index (χ4v) is 3.73. The number of nitrogens with one attached hydrogen (secondary N) is 2. The number of benzene rings is 3. The second-order valence-corrected chi connectivity index (χ2v) is 9.65. The van der Waals surface area contributed by atoms with E-state index < -0.39 is 0 Å². The Morgan fingerprint density at radius 2 is 1.58 bits per heavy atom. The number of hydrogen-bond acceptors (Lipinski definition) is 5. The first-order valence-corrected chi connectivity index (χ1v) is 13.1. The highest BCUT2D eigenvalue weighted by Gasteiger charge is 2.11. The van der Waals surface area contributed by atoms with E-state index in [2.05, 4.69) is 68.8 Å². The number of anilines is 1. The van der Waals surface area contributed by atoms with Crippen LogP contribution in [0.15, 0.2) is 108 Å². The molecular formula is C33H41N3OS. The van der Waals surface area contributed by atoms with Crippen molar-refractivity contribution in [2.24, 2.45) is 5.73 Å². The van der Waals surface area contributed by atoms with Gasteiger partial charge >= 0.3 is 0 Å². The molecule has 0 aliphatic heterocycles. The molecule has 0 bridgehead atoms. The molecule has 0 aliphatic rings. The molecule has 1 atom stereocenters. The summed E-state index contributed by atoms with van der Waals surface area (Å²) in [5, 5.41) is 6.67. The van der Waals surface area contributed by atoms with Gasteiger partial charge in [-0.05, 0) is 94.1 Å². The summed E-state index contributed by atoms with van der Waals surface area (Å²) < 4.78 is 6.01. The predicted octanol–water partition coefficient (Wildman–Crippen LogP) is 8.31. The number of para-hydroxylation sites is 1. The Morgan fingerprint density at radius 3 is 2.16 bits per heavy atom. The van der Waals surface area contributed by atoms with Gasteiger partial charge in [-0.2, -0.15) is 0 Å². The van der Waals surface area contributed by atoms with Gasteiger partial charge in [0.1, 0.15) is 11.5 Å². The van der Waals surface area contributed by atoms with E-state index >= 15 is 0 Å². The molecule has 5 heteroatoms. The van der Waals surface area contributed by atoms with Crippen molar-refractivity contribution in [3.63, 3.8) is 0 Å². The SMILES string of the molecule is C=C(C)/C=C\C(S)=C/C.CNC(N)/C=C(\Nc1c(C)cc(C)cc1C)c1cccc(Oc2ccccc2)c1. The van der Waals surface area contributed by atoms with Crippen LogP contribution in [0.2, 0.25) is 0 Å². The highest BCUT2D eigenvalue weighted by atomic mass is 32.1. The molecular weight excluding hydrogens is 486 g/mol. The van der Waals surface area contributed by atoms with Gasteiger partial charge in [0.05, 0.1) is 6.17 Å². The Balaban J connectivity index is 0.000000484. The summed E-state index contributed by atoms with van der Waals surface area (Å²) in [6, 6.07) is 22.2. The first-order valence-electron chi connectivity index (χ1n) is 12.6. The number of ether oxygens (including phenoxy) is 1. The molecule has 0 spiro atoms. The number of nitrogens with two attached hydrogens (primary N) is 1. The monoisotopic (exact) mass is 527 g/mol. The average Bonchev–Trinajstić information content (AvgIpc) is 2.89. The second-order valence-electron chi connectivity index (χ2n) is 9.13. The predicted molar refractivity (Wildman–Crippen MR) is 169 cm³/mol. The van der Waals surface area contributed by atoms with Crippen LogP contribution in [0.25, 0.3) is 5.70 Å². The molecule has 0 aromatic heterocycles. The van der Waals surface area contributed by atoms with Crippen LogP contribution in [-0.2, 0) is 0 Å². The van der Waals surface area contributed by atoms with Crippen molar-refractivity contribution in [2.45, 2.75) is 40.8 Å². The molecule has 0 amide bonds. The molecule has 38 heavy (non-hydrogen) atoms. The third-order valence-corrected chi connectivity index (χ3v) is 5.98. The quantitative estimate of drug-likeness (QED) is 0.128. The molecule has 4 nitrogen and oxygen atoms in total. The molecule has 3 aromatic rings. The van der Waals surface area contributed by atoms with Crippen molar-refractivity contribution in [1.29, 1.82) is 0 Å². The number of aryl methyl sites for hydroxylation is 3. The van der Waals surface area contributed by atoms with E-state index in [0.29, 0.717) is 0 Å². The molecule has 0 fully saturated rings. The van der Waals surface area contributed by atoms with Gasteiger partial charge < -0.3 is 21.1 Å². The summed E-state index contributed by atoms with van der Waals surface area (Å²) in [6.45, 7) is 14.0. The third kappa shape index (κ3) is 10.5. The van der Waals surface area contributed by atoms with E-state index in [0.717, 1.165) is 38.9 Å². The van der Waals surface area contributed by atoms with E-state index in [9.17, 15) is 0 Å². The molecule has 0 saturated carbocycles. The lowest BCUT2D eigenvalue weighted by molar-refractivity contribution is 0.482. The smallest absolute Gasteiger partial charge is 0.128 e. The second kappa shape index (κ2) is 15.7. The molecule has 0 aliphatic carbocycles. The van der Waals surface area contributed by atoms with Gasteiger partial charge in [-0.3, -0.25) is 0 Å². The summed E-state index contributed by atoms with van der Waals surface area (Å²) in [5.41, 5.74) is 13.9. The van der Waals surface area contributed by atoms with E-state index in [-0.39, 0.29) is 6.17 Å². The summed E-state index contributed by atoms with van der Waals surface area (Å²) >= 11 is 4.14. The van der Waals surface area contributed by atoms with Crippen molar-refractivity contribution in [2.75, 3.05) is 12.4 Å². The van der Waals surface area contributed by atoms with E-state index in [1.807, 2.05) is 93.7 Å². The number of likely N-dealkylation sites (N-methyl/N-ethyl adjacent to an activating group) is 1. The highest BCUT2D eigenvalue weighted by Crippen LogP contribution is 2.29. The van der Waals surface area contributed by atoms with Crippen LogP contribution in [0.1, 0.15) is 36.1 Å². The number of hydrogen-bond donors (Lipinski definition) is 4. The molecule has 0 heterocycles. The third-order valence-electron chi connectivity index (χ3n) is 5.57. The Hall–Kier alpha value is -3.51. The van der Waals surface area contributed by atoms with Crippen molar-refractivity contribution in [3.05, 3.63) is 130 Å². The molecule has 0 radical (unpaired) electrons. The van der Waals surface area contributed by atoms with E-state index in [1.54, 1.807) is 0 Å². The minimum absolute atomic E-state index is 0.276. The van der Waals surface area contributed by atoms with Crippen molar-refractivity contribution in [1.82, 2.24) is 5.32 Å². The fraction of sp³-hybridized carbons (Fsp3) is 0.212. The fourth-order valence-electron chi connectivity index (χ4n) is 3.66. The Labute approximate surface area is 234 Å². The number of rotatable bonds is 9. The van der Waals surface area contributed by atoms with Crippen LogP contribution in [0.4, 0.5) is 5.69 Å². The number of allylic oxidation sites excluding steroid dienone is 4. The topological polar surface area (TPSA) is 59.3 Å². The molecule has 3 rings (SSSR count). The van der Waals surface area contributed by atoms with Gasteiger partial charge in [-0.25, -0.2) is 0 Å². The van der Waals surface area contributed by atoms with Crippen LogP contribution in [0.3, 0.4) is 0 Å². The Bertz CT molecular complexity index is 1270. The van der Waals surface area contributed by atoms with Gasteiger partial charge in [-0.15, -0.1) is 12.6 Å². The molecule has 0 saturated heterocycles. The maximum atomic E-state index is 6.17. The van der Waals surface area contributed by atoms with Crippen LogP contribution < -0.4 is 21.1 Å². The number of thiol groups is 1. The molecule has 3 aromatic carbocycles. The first-order chi connectivity index (χ1) is 18.1. The van der Waals surface area contributed by atoms with Crippen LogP contribution in [0.5, 0.6) is 11.5 Å². The summed E-state index contributed by atoms with van der Waals surface area (Å²) in [5.74, 6) is 1.58. The maximum Gasteiger partial charge on any atom is 0.128 e. The maximum absolute atomic E-state index is 6.17. The van der Waals surface area contributed by atoms with Crippen molar-refractivity contribution < 1.29 is 4.74 Å². The molecule has 1 unspecified atom stereocenters. The minimum Gasteiger partial charge on any atom is -0.457 e. The van der Waals surface area contributed by atoms with Gasteiger partial charge in [-0.1, -0.05) is 72.3 Å². The summed E-state index contributed by atoms with van der Waals surface area (Å²) in [7, 11) is 1.84. The zero-order valence-electron chi connectivity index (χ0n) is 23.4. The van der Waals surface area contributed by atoms with Gasteiger partial charge in [0, 0.05) is 16.9 Å². The largest absolute Gasteiger partial charge is 0.457 e. The van der Waals surface area contributed by atoms with Gasteiger partial charge in [0.15, 0.2) is 0 Å². The highest BCUT2D eigenvalue weighted by molar-refractivity contribution is 7.84. The summed E-state index contributed by atoms with van der Waals surface area (Å²) in [6.07, 6.45) is 7.50. The zero-order chi connectivity index (χ0) is 28.1. The van der Waals surface area contributed by atoms with Crippen molar-refractivity contribution >= 4 is 24.0 Å². The average molecular weight is 528 g/mol. The van der Waals surface area contributed by atoms with Gasteiger partial charge in [0.25, 0.3) is 0 Å². The molecule has 4 N–H and O–H groups in total. The van der Waals surface area contributed by atoms with E-state index in [1.165, 1.54) is 16.7 Å². The lowest BCUT2D eigenvalue weighted by Gasteiger charge is -2.19. The lowest BCUT2D eigenvalue weighted by atomic mass is 10.0. The van der Waals surface area contributed by atoms with Crippen LogP contribution in [0, 0.1) is 20.8 Å².